The molecule has 0 amide bonds. The van der Waals surface area contributed by atoms with Crippen LogP contribution in [0.25, 0.3) is 17.2 Å². The lowest BCUT2D eigenvalue weighted by atomic mass is 10.1. The van der Waals surface area contributed by atoms with E-state index in [9.17, 15) is 0 Å². The number of furan rings is 1. The number of ether oxygens (including phenoxy) is 1. The molecule has 4 heterocycles. The van der Waals surface area contributed by atoms with Crippen LogP contribution < -0.4 is 5.73 Å². The molecule has 0 unspecified atom stereocenters. The summed E-state index contributed by atoms with van der Waals surface area (Å²) in [6.07, 6.45) is 4.21. The van der Waals surface area contributed by atoms with Crippen LogP contribution in [0.2, 0.25) is 0 Å². The van der Waals surface area contributed by atoms with Crippen molar-refractivity contribution in [3.63, 3.8) is 0 Å². The van der Waals surface area contributed by atoms with Crippen molar-refractivity contribution in [3.05, 3.63) is 59.2 Å². The highest BCUT2D eigenvalue weighted by Crippen LogP contribution is 2.23. The first-order chi connectivity index (χ1) is 13.6. The molecule has 8 heteroatoms. The molecule has 0 saturated heterocycles. The number of nitrogens with two attached hydrogens (primary N) is 1. The number of methoxy groups -OCH3 is 1. The van der Waals surface area contributed by atoms with E-state index in [2.05, 4.69) is 15.1 Å². The summed E-state index contributed by atoms with van der Waals surface area (Å²) >= 11 is 0. The van der Waals surface area contributed by atoms with E-state index in [1.54, 1.807) is 17.8 Å². The van der Waals surface area contributed by atoms with Gasteiger partial charge >= 0.3 is 0 Å². The molecule has 0 aliphatic rings. The molecule has 0 saturated carbocycles. The van der Waals surface area contributed by atoms with E-state index in [1.165, 1.54) is 0 Å². The fourth-order valence-corrected chi connectivity index (χ4v) is 3.14. The third-order valence-electron chi connectivity index (χ3n) is 4.44. The molecule has 0 spiro atoms. The highest BCUT2D eigenvalue weighted by Gasteiger charge is 2.16. The summed E-state index contributed by atoms with van der Waals surface area (Å²) in [4.78, 5) is 13.4. The van der Waals surface area contributed by atoms with Crippen LogP contribution in [0.3, 0.4) is 0 Å². The van der Waals surface area contributed by atoms with Gasteiger partial charge in [0.2, 0.25) is 11.8 Å². The minimum absolute atomic E-state index is 0.180. The van der Waals surface area contributed by atoms with Crippen molar-refractivity contribution in [2.45, 2.75) is 26.2 Å². The van der Waals surface area contributed by atoms with Crippen molar-refractivity contribution < 1.29 is 9.15 Å². The SMILES string of the molecule is COCCCc1cccc(Cc2cnn3c(-c4ccc(C)o4)nc(N)nc23)n1. The Balaban J connectivity index is 1.65. The standard InChI is InChI=1S/C20H22N6O2/c1-13-8-9-17(28-13)19-25-20(21)24-18-14(12-22-26(18)19)11-16-6-3-5-15(23-16)7-4-10-27-2/h3,5-6,8-9,12H,4,7,10-11H2,1-2H3,(H2,21,24). The third-order valence-corrected chi connectivity index (χ3v) is 4.44. The summed E-state index contributed by atoms with van der Waals surface area (Å²) in [6, 6.07) is 9.79. The zero-order valence-corrected chi connectivity index (χ0v) is 15.9. The zero-order valence-electron chi connectivity index (χ0n) is 15.9. The number of nitrogen functional groups attached to an aromatic ring is 1. The van der Waals surface area contributed by atoms with Crippen LogP contribution in [0.4, 0.5) is 5.95 Å². The monoisotopic (exact) mass is 378 g/mol. The van der Waals surface area contributed by atoms with Crippen molar-refractivity contribution in [1.82, 2.24) is 24.6 Å². The Morgan fingerprint density at radius 2 is 1.96 bits per heavy atom. The number of aryl methyl sites for hydroxylation is 2. The van der Waals surface area contributed by atoms with E-state index in [4.69, 9.17) is 19.9 Å². The van der Waals surface area contributed by atoms with Gasteiger partial charge in [0.25, 0.3) is 0 Å². The fourth-order valence-electron chi connectivity index (χ4n) is 3.14. The molecule has 0 aliphatic carbocycles. The second-order valence-electron chi connectivity index (χ2n) is 6.61. The van der Waals surface area contributed by atoms with Gasteiger partial charge in [-0.2, -0.15) is 19.6 Å². The van der Waals surface area contributed by atoms with Gasteiger partial charge in [0.15, 0.2) is 11.4 Å². The first kappa shape index (κ1) is 18.1. The second kappa shape index (κ2) is 7.77. The van der Waals surface area contributed by atoms with Crippen LogP contribution >= 0.6 is 0 Å². The van der Waals surface area contributed by atoms with Crippen LogP contribution in [0.1, 0.15) is 29.1 Å². The molecule has 0 fully saturated rings. The molecule has 0 aliphatic heterocycles. The van der Waals surface area contributed by atoms with Crippen LogP contribution in [0, 0.1) is 6.92 Å². The molecule has 0 bridgehead atoms. The van der Waals surface area contributed by atoms with E-state index in [0.717, 1.165) is 42.2 Å². The molecule has 0 aromatic carbocycles. The Kier molecular flexibility index (Phi) is 5.03. The molecular formula is C20H22N6O2. The molecule has 4 aromatic heterocycles. The van der Waals surface area contributed by atoms with E-state index in [0.29, 0.717) is 23.7 Å². The third kappa shape index (κ3) is 3.72. The van der Waals surface area contributed by atoms with E-state index in [1.807, 2.05) is 37.3 Å². The molecule has 4 aromatic rings. The molecule has 0 radical (unpaired) electrons. The lowest BCUT2D eigenvalue weighted by molar-refractivity contribution is 0.195. The van der Waals surface area contributed by atoms with Gasteiger partial charge in [0.05, 0.1) is 6.20 Å². The molecule has 0 atom stereocenters. The molecule has 28 heavy (non-hydrogen) atoms. The van der Waals surface area contributed by atoms with Crippen molar-refractivity contribution in [2.24, 2.45) is 0 Å². The highest BCUT2D eigenvalue weighted by atomic mass is 16.5. The largest absolute Gasteiger partial charge is 0.458 e. The van der Waals surface area contributed by atoms with Crippen molar-refractivity contribution in [2.75, 3.05) is 19.5 Å². The number of anilines is 1. The maximum absolute atomic E-state index is 5.95. The van der Waals surface area contributed by atoms with Gasteiger partial charge in [-0.25, -0.2) is 0 Å². The number of aromatic nitrogens is 5. The Morgan fingerprint density at radius 1 is 1.11 bits per heavy atom. The van der Waals surface area contributed by atoms with Crippen molar-refractivity contribution >= 4 is 11.6 Å². The van der Waals surface area contributed by atoms with Crippen LogP contribution in [0.5, 0.6) is 0 Å². The molecule has 144 valence electrons. The quantitative estimate of drug-likeness (QED) is 0.493. The summed E-state index contributed by atoms with van der Waals surface area (Å²) in [5, 5.41) is 4.46. The van der Waals surface area contributed by atoms with E-state index < -0.39 is 0 Å². The Hall–Kier alpha value is -3.26. The summed E-state index contributed by atoms with van der Waals surface area (Å²) in [5.41, 5.74) is 9.54. The van der Waals surface area contributed by atoms with Crippen molar-refractivity contribution in [3.8, 4) is 11.6 Å². The minimum atomic E-state index is 0.180. The van der Waals surface area contributed by atoms with Gasteiger partial charge in [-0.1, -0.05) is 6.07 Å². The average molecular weight is 378 g/mol. The summed E-state index contributed by atoms with van der Waals surface area (Å²) in [7, 11) is 1.71. The summed E-state index contributed by atoms with van der Waals surface area (Å²) < 4.78 is 12.5. The van der Waals surface area contributed by atoms with Gasteiger partial charge < -0.3 is 14.9 Å². The number of hydrogen-bond donors (Lipinski definition) is 1. The Bertz CT molecular complexity index is 1100. The first-order valence-electron chi connectivity index (χ1n) is 9.14. The van der Waals surface area contributed by atoms with E-state index >= 15 is 0 Å². The lowest BCUT2D eigenvalue weighted by Gasteiger charge is -2.05. The van der Waals surface area contributed by atoms with Crippen LogP contribution in [0.15, 0.2) is 40.9 Å². The van der Waals surface area contributed by atoms with Gasteiger partial charge in [0.1, 0.15) is 5.76 Å². The molecule has 2 N–H and O–H groups in total. The van der Waals surface area contributed by atoms with Crippen LogP contribution in [-0.4, -0.2) is 38.3 Å². The Morgan fingerprint density at radius 3 is 2.75 bits per heavy atom. The maximum Gasteiger partial charge on any atom is 0.224 e. The number of fused-ring (bicyclic) bond motifs is 1. The number of pyridine rings is 1. The lowest BCUT2D eigenvalue weighted by Crippen LogP contribution is -2.05. The fraction of sp³-hybridized carbons (Fsp3) is 0.300. The molecule has 4 rings (SSSR count). The van der Waals surface area contributed by atoms with Gasteiger partial charge in [-0.15, -0.1) is 0 Å². The normalized spacial score (nSPS) is 11.4. The predicted molar refractivity (Wildman–Crippen MR) is 105 cm³/mol. The minimum Gasteiger partial charge on any atom is -0.458 e. The Labute approximate surface area is 162 Å². The maximum atomic E-state index is 5.95. The number of rotatable bonds is 7. The number of nitrogens with zero attached hydrogens (tertiary/aromatic N) is 5. The van der Waals surface area contributed by atoms with Gasteiger partial charge in [-0.05, 0) is 44.0 Å². The van der Waals surface area contributed by atoms with Gasteiger partial charge in [-0.3, -0.25) is 4.98 Å². The molecule has 8 nitrogen and oxygen atoms in total. The number of hydrogen-bond acceptors (Lipinski definition) is 7. The van der Waals surface area contributed by atoms with Crippen molar-refractivity contribution in [1.29, 1.82) is 0 Å². The summed E-state index contributed by atoms with van der Waals surface area (Å²) in [6.45, 7) is 2.61. The topological polar surface area (TPSA) is 104 Å². The average Bonchev–Trinajstić information content (AvgIpc) is 3.28. The highest BCUT2D eigenvalue weighted by molar-refractivity contribution is 5.59. The van der Waals surface area contributed by atoms with Crippen LogP contribution in [-0.2, 0) is 17.6 Å². The molecular weight excluding hydrogens is 356 g/mol. The second-order valence-corrected chi connectivity index (χ2v) is 6.61. The summed E-state index contributed by atoms with van der Waals surface area (Å²) in [5.74, 6) is 2.11. The van der Waals surface area contributed by atoms with E-state index in [-0.39, 0.29) is 5.95 Å². The smallest absolute Gasteiger partial charge is 0.224 e. The van der Waals surface area contributed by atoms with Gasteiger partial charge in [0, 0.05) is 37.1 Å². The zero-order chi connectivity index (χ0) is 19.5. The predicted octanol–water partition coefficient (Wildman–Crippen LogP) is 2.84. The first-order valence-corrected chi connectivity index (χ1v) is 9.14.